The lowest BCUT2D eigenvalue weighted by atomic mass is 10.0. The van der Waals surface area contributed by atoms with Gasteiger partial charge in [-0.05, 0) is 42.2 Å². The predicted octanol–water partition coefficient (Wildman–Crippen LogP) is 4.68. The normalized spacial score (nSPS) is 11.0. The van der Waals surface area contributed by atoms with Crippen molar-refractivity contribution in [1.29, 1.82) is 0 Å². The molecular weight excluding hydrogens is 296 g/mol. The van der Waals surface area contributed by atoms with Gasteiger partial charge in [0.05, 0.1) is 5.52 Å². The fourth-order valence-electron chi connectivity index (χ4n) is 2.65. The summed E-state index contributed by atoms with van der Waals surface area (Å²) < 4.78 is 0. The average molecular weight is 318 g/mol. The van der Waals surface area contributed by atoms with Crippen molar-refractivity contribution in [3.8, 4) is 11.1 Å². The number of para-hydroxylation sites is 1. The van der Waals surface area contributed by atoms with Gasteiger partial charge in [0.1, 0.15) is 0 Å². The molecule has 122 valence electrons. The minimum absolute atomic E-state index is 0.0220. The van der Waals surface area contributed by atoms with Gasteiger partial charge in [0.2, 0.25) is 0 Å². The molecule has 0 aliphatic heterocycles. The summed E-state index contributed by atoms with van der Waals surface area (Å²) in [5.41, 5.74) is 3.68. The van der Waals surface area contributed by atoms with Crippen molar-refractivity contribution in [3.63, 3.8) is 0 Å². The molecule has 3 nitrogen and oxygen atoms in total. The Hall–Kier alpha value is -2.68. The van der Waals surface area contributed by atoms with E-state index in [4.69, 9.17) is 0 Å². The highest BCUT2D eigenvalue weighted by atomic mass is 16.1. The Labute approximate surface area is 142 Å². The summed E-state index contributed by atoms with van der Waals surface area (Å²) >= 11 is 0. The molecule has 1 amide bonds. The Balaban J connectivity index is 1.82. The smallest absolute Gasteiger partial charge is 0.251 e. The first-order valence-electron chi connectivity index (χ1n) is 8.37. The van der Waals surface area contributed by atoms with Crippen LogP contribution >= 0.6 is 0 Å². The van der Waals surface area contributed by atoms with Crippen LogP contribution in [0, 0.1) is 5.92 Å². The number of aromatic nitrogens is 1. The zero-order valence-corrected chi connectivity index (χ0v) is 14.1. The van der Waals surface area contributed by atoms with Crippen molar-refractivity contribution in [2.45, 2.75) is 20.3 Å². The van der Waals surface area contributed by atoms with Crippen molar-refractivity contribution in [3.05, 3.63) is 66.4 Å². The first-order chi connectivity index (χ1) is 11.6. The van der Waals surface area contributed by atoms with Crippen LogP contribution in [-0.4, -0.2) is 17.4 Å². The highest BCUT2D eigenvalue weighted by Gasteiger charge is 2.08. The number of nitrogens with zero attached hydrogens (tertiary/aromatic N) is 1. The molecule has 1 heterocycles. The predicted molar refractivity (Wildman–Crippen MR) is 99.0 cm³/mol. The third kappa shape index (κ3) is 3.80. The fraction of sp³-hybridized carbons (Fsp3) is 0.238. The molecule has 0 spiro atoms. The molecule has 0 radical (unpaired) electrons. The molecule has 0 saturated heterocycles. The summed E-state index contributed by atoms with van der Waals surface area (Å²) in [7, 11) is 0. The third-order valence-electron chi connectivity index (χ3n) is 4.06. The van der Waals surface area contributed by atoms with Crippen LogP contribution in [0.15, 0.2) is 60.8 Å². The maximum absolute atomic E-state index is 12.3. The lowest BCUT2D eigenvalue weighted by Gasteiger charge is -2.09. The van der Waals surface area contributed by atoms with Crippen LogP contribution in [0.1, 0.15) is 30.6 Å². The Morgan fingerprint density at radius 3 is 2.71 bits per heavy atom. The Bertz CT molecular complexity index is 855. The van der Waals surface area contributed by atoms with E-state index in [0.29, 0.717) is 18.0 Å². The van der Waals surface area contributed by atoms with E-state index in [2.05, 4.69) is 30.2 Å². The van der Waals surface area contributed by atoms with E-state index in [1.54, 1.807) is 0 Å². The van der Waals surface area contributed by atoms with Gasteiger partial charge in [0.25, 0.3) is 5.91 Å². The number of hydrogen-bond acceptors (Lipinski definition) is 2. The largest absolute Gasteiger partial charge is 0.352 e. The highest BCUT2D eigenvalue weighted by Crippen LogP contribution is 2.23. The monoisotopic (exact) mass is 318 g/mol. The molecule has 1 aromatic heterocycles. The molecule has 1 N–H and O–H groups in total. The number of benzene rings is 2. The van der Waals surface area contributed by atoms with E-state index >= 15 is 0 Å². The molecule has 0 fully saturated rings. The van der Waals surface area contributed by atoms with Gasteiger partial charge in [-0.1, -0.05) is 44.2 Å². The first-order valence-corrected chi connectivity index (χ1v) is 8.37. The Morgan fingerprint density at radius 2 is 1.88 bits per heavy atom. The molecule has 0 atom stereocenters. The zero-order chi connectivity index (χ0) is 16.9. The van der Waals surface area contributed by atoms with E-state index in [1.807, 2.05) is 54.7 Å². The standard InChI is InChI=1S/C21H22N2O/c1-15(2)10-11-22-21(24)18-8-5-7-16(12-18)19-13-17-6-3-4-9-20(17)23-14-19/h3-9,12-15H,10-11H2,1-2H3,(H,22,24). The van der Waals surface area contributed by atoms with Crippen LogP contribution in [0.25, 0.3) is 22.0 Å². The molecular formula is C21H22N2O. The van der Waals surface area contributed by atoms with Crippen molar-refractivity contribution in [1.82, 2.24) is 10.3 Å². The van der Waals surface area contributed by atoms with Crippen LogP contribution in [0.5, 0.6) is 0 Å². The highest BCUT2D eigenvalue weighted by molar-refractivity contribution is 5.95. The van der Waals surface area contributed by atoms with Crippen LogP contribution in [-0.2, 0) is 0 Å². The van der Waals surface area contributed by atoms with Gasteiger partial charge in [-0.3, -0.25) is 9.78 Å². The molecule has 0 aliphatic rings. The Kier molecular flexibility index (Phi) is 4.90. The quantitative estimate of drug-likeness (QED) is 0.742. The molecule has 3 heteroatoms. The maximum atomic E-state index is 12.3. The summed E-state index contributed by atoms with van der Waals surface area (Å²) in [6, 6.07) is 17.9. The minimum atomic E-state index is -0.0220. The van der Waals surface area contributed by atoms with E-state index in [-0.39, 0.29) is 5.91 Å². The number of pyridine rings is 1. The molecule has 0 aliphatic carbocycles. The number of amides is 1. The van der Waals surface area contributed by atoms with Crippen molar-refractivity contribution >= 4 is 16.8 Å². The van der Waals surface area contributed by atoms with Crippen molar-refractivity contribution < 1.29 is 4.79 Å². The van der Waals surface area contributed by atoms with Gasteiger partial charge < -0.3 is 5.32 Å². The number of nitrogens with one attached hydrogen (secondary N) is 1. The summed E-state index contributed by atoms with van der Waals surface area (Å²) in [6.07, 6.45) is 2.85. The van der Waals surface area contributed by atoms with Gasteiger partial charge in [0.15, 0.2) is 0 Å². The summed E-state index contributed by atoms with van der Waals surface area (Å²) in [5, 5.41) is 4.08. The van der Waals surface area contributed by atoms with Gasteiger partial charge in [-0.25, -0.2) is 0 Å². The zero-order valence-electron chi connectivity index (χ0n) is 14.1. The van der Waals surface area contributed by atoms with Crippen LogP contribution in [0.2, 0.25) is 0 Å². The number of carbonyl (C=O) groups excluding carboxylic acids is 1. The number of hydrogen-bond donors (Lipinski definition) is 1. The third-order valence-corrected chi connectivity index (χ3v) is 4.06. The molecule has 3 rings (SSSR count). The molecule has 2 aromatic carbocycles. The van der Waals surface area contributed by atoms with Gasteiger partial charge in [-0.2, -0.15) is 0 Å². The van der Waals surface area contributed by atoms with Crippen LogP contribution in [0.3, 0.4) is 0 Å². The first kappa shape index (κ1) is 16.2. The molecule has 3 aromatic rings. The topological polar surface area (TPSA) is 42.0 Å². The second-order valence-corrected chi connectivity index (χ2v) is 6.44. The number of rotatable bonds is 5. The molecule has 24 heavy (non-hydrogen) atoms. The maximum Gasteiger partial charge on any atom is 0.251 e. The van der Waals surface area contributed by atoms with Gasteiger partial charge >= 0.3 is 0 Å². The fourth-order valence-corrected chi connectivity index (χ4v) is 2.65. The molecule has 0 bridgehead atoms. The summed E-state index contributed by atoms with van der Waals surface area (Å²) in [6.45, 7) is 5.01. The van der Waals surface area contributed by atoms with E-state index in [1.165, 1.54) is 0 Å². The van der Waals surface area contributed by atoms with Crippen molar-refractivity contribution in [2.75, 3.05) is 6.54 Å². The van der Waals surface area contributed by atoms with Crippen LogP contribution < -0.4 is 5.32 Å². The van der Waals surface area contributed by atoms with E-state index in [9.17, 15) is 4.79 Å². The van der Waals surface area contributed by atoms with Gasteiger partial charge in [0, 0.05) is 29.3 Å². The summed E-state index contributed by atoms with van der Waals surface area (Å²) in [5.74, 6) is 0.562. The van der Waals surface area contributed by atoms with E-state index < -0.39 is 0 Å². The lowest BCUT2D eigenvalue weighted by molar-refractivity contribution is 0.0952. The number of fused-ring (bicyclic) bond motifs is 1. The number of carbonyl (C=O) groups is 1. The molecule has 0 unspecified atom stereocenters. The summed E-state index contributed by atoms with van der Waals surface area (Å²) in [4.78, 5) is 16.8. The average Bonchev–Trinajstić information content (AvgIpc) is 2.61. The SMILES string of the molecule is CC(C)CCNC(=O)c1cccc(-c2cnc3ccccc3c2)c1. The minimum Gasteiger partial charge on any atom is -0.352 e. The second-order valence-electron chi connectivity index (χ2n) is 6.44. The Morgan fingerprint density at radius 1 is 1.04 bits per heavy atom. The van der Waals surface area contributed by atoms with Gasteiger partial charge in [-0.15, -0.1) is 0 Å². The lowest BCUT2D eigenvalue weighted by Crippen LogP contribution is -2.25. The van der Waals surface area contributed by atoms with E-state index in [0.717, 1.165) is 28.5 Å². The second kappa shape index (κ2) is 7.26. The van der Waals surface area contributed by atoms with Crippen molar-refractivity contribution in [2.24, 2.45) is 5.92 Å². The van der Waals surface area contributed by atoms with Crippen LogP contribution in [0.4, 0.5) is 0 Å². The molecule has 0 saturated carbocycles.